The summed E-state index contributed by atoms with van der Waals surface area (Å²) < 4.78 is 5.82. The van der Waals surface area contributed by atoms with Crippen LogP contribution < -0.4 is 10.1 Å². The molecule has 0 aliphatic heterocycles. The van der Waals surface area contributed by atoms with E-state index in [1.807, 2.05) is 92.7 Å². The zero-order valence-electron chi connectivity index (χ0n) is 17.1. The summed E-state index contributed by atoms with van der Waals surface area (Å²) in [7, 11) is 0. The first-order valence-corrected chi connectivity index (χ1v) is 9.81. The summed E-state index contributed by atoms with van der Waals surface area (Å²) in [6.45, 7) is 4.43. The lowest BCUT2D eigenvalue weighted by atomic mass is 10.1. The van der Waals surface area contributed by atoms with Gasteiger partial charge in [-0.3, -0.25) is 4.79 Å². The molecular weight excluding hydrogens is 372 g/mol. The van der Waals surface area contributed by atoms with Crippen LogP contribution in [-0.4, -0.2) is 5.91 Å². The Hall–Kier alpha value is -3.84. The first-order valence-electron chi connectivity index (χ1n) is 9.81. The number of carbonyl (C=O) groups excluding carboxylic acids is 1. The minimum atomic E-state index is -0.395. The van der Waals surface area contributed by atoms with Gasteiger partial charge in [0.1, 0.15) is 24.0 Å². The van der Waals surface area contributed by atoms with Gasteiger partial charge in [0, 0.05) is 0 Å². The van der Waals surface area contributed by atoms with Crippen molar-refractivity contribution in [1.82, 2.24) is 5.32 Å². The molecule has 0 heterocycles. The Morgan fingerprint density at radius 3 is 2.47 bits per heavy atom. The maximum Gasteiger partial charge on any atom is 0.262 e. The van der Waals surface area contributed by atoms with Crippen LogP contribution in [0.4, 0.5) is 0 Å². The van der Waals surface area contributed by atoms with E-state index in [9.17, 15) is 10.1 Å². The van der Waals surface area contributed by atoms with Gasteiger partial charge < -0.3 is 10.1 Å². The number of amides is 1. The van der Waals surface area contributed by atoms with E-state index in [1.165, 1.54) is 5.56 Å². The topological polar surface area (TPSA) is 62.1 Å². The number of nitrogens with zero attached hydrogens (tertiary/aromatic N) is 1. The molecule has 3 rings (SSSR count). The van der Waals surface area contributed by atoms with Crippen LogP contribution in [0.5, 0.6) is 5.75 Å². The maximum atomic E-state index is 12.5. The number of hydrogen-bond acceptors (Lipinski definition) is 3. The number of nitriles is 1. The Morgan fingerprint density at radius 2 is 1.80 bits per heavy atom. The summed E-state index contributed by atoms with van der Waals surface area (Å²) >= 11 is 0. The van der Waals surface area contributed by atoms with Crippen LogP contribution in [0.2, 0.25) is 0 Å². The zero-order chi connectivity index (χ0) is 21.3. The molecule has 4 nitrogen and oxygen atoms in total. The average molecular weight is 396 g/mol. The molecule has 1 amide bonds. The standard InChI is InChI=1S/C26H24N2O2/c1-19-7-6-8-22(15-19)18-30-25-13-11-21(12-14-25)16-24(17-27)26(29)28-20(2)23-9-4-3-5-10-23/h3-16,20H,18H2,1-2H3,(H,28,29)/b24-16+/t20-/m1/s1. The largest absolute Gasteiger partial charge is 0.489 e. The van der Waals surface area contributed by atoms with Gasteiger partial charge in [-0.2, -0.15) is 5.26 Å². The molecule has 0 aromatic heterocycles. The number of benzene rings is 3. The van der Waals surface area contributed by atoms with Crippen molar-refractivity contribution in [2.24, 2.45) is 0 Å². The summed E-state index contributed by atoms with van der Waals surface area (Å²) in [6.07, 6.45) is 1.58. The van der Waals surface area contributed by atoms with Gasteiger partial charge in [-0.1, -0.05) is 72.3 Å². The fourth-order valence-electron chi connectivity index (χ4n) is 3.04. The molecule has 150 valence electrons. The highest BCUT2D eigenvalue weighted by Crippen LogP contribution is 2.17. The molecule has 0 saturated heterocycles. The number of carbonyl (C=O) groups is 1. The Kier molecular flexibility index (Phi) is 7.02. The minimum absolute atomic E-state index is 0.0613. The second kappa shape index (κ2) is 10.1. The minimum Gasteiger partial charge on any atom is -0.489 e. The summed E-state index contributed by atoms with van der Waals surface area (Å²) in [5.74, 6) is 0.336. The second-order valence-corrected chi connectivity index (χ2v) is 7.12. The number of rotatable bonds is 7. The van der Waals surface area contributed by atoms with Crippen LogP contribution in [0.15, 0.2) is 84.4 Å². The average Bonchev–Trinajstić information content (AvgIpc) is 2.77. The third kappa shape index (κ3) is 5.83. The zero-order valence-corrected chi connectivity index (χ0v) is 17.1. The van der Waals surface area contributed by atoms with Gasteiger partial charge in [0.25, 0.3) is 5.91 Å². The van der Waals surface area contributed by atoms with Crippen molar-refractivity contribution in [3.8, 4) is 11.8 Å². The predicted octanol–water partition coefficient (Wildman–Crippen LogP) is 5.36. The second-order valence-electron chi connectivity index (χ2n) is 7.12. The molecule has 0 fully saturated rings. The Morgan fingerprint density at radius 1 is 1.07 bits per heavy atom. The van der Waals surface area contributed by atoms with Crippen LogP contribution in [0.25, 0.3) is 6.08 Å². The van der Waals surface area contributed by atoms with Crippen LogP contribution >= 0.6 is 0 Å². The molecule has 0 unspecified atom stereocenters. The highest BCUT2D eigenvalue weighted by Gasteiger charge is 2.13. The first-order chi connectivity index (χ1) is 14.5. The molecule has 1 N–H and O–H groups in total. The summed E-state index contributed by atoms with van der Waals surface area (Å²) in [4.78, 5) is 12.5. The van der Waals surface area contributed by atoms with E-state index in [1.54, 1.807) is 6.08 Å². The number of aryl methyl sites for hydroxylation is 1. The monoisotopic (exact) mass is 396 g/mol. The van der Waals surface area contributed by atoms with Crippen molar-refractivity contribution < 1.29 is 9.53 Å². The summed E-state index contributed by atoms with van der Waals surface area (Å²) in [6, 6.07) is 26.9. The molecule has 1 atom stereocenters. The predicted molar refractivity (Wildman–Crippen MR) is 119 cm³/mol. The number of hydrogen-bond donors (Lipinski definition) is 1. The van der Waals surface area contributed by atoms with Crippen LogP contribution in [0.3, 0.4) is 0 Å². The molecule has 0 aliphatic carbocycles. The fourth-order valence-corrected chi connectivity index (χ4v) is 3.04. The van der Waals surface area contributed by atoms with Crippen molar-refractivity contribution in [3.63, 3.8) is 0 Å². The van der Waals surface area contributed by atoms with Crippen molar-refractivity contribution in [1.29, 1.82) is 5.26 Å². The fraction of sp³-hybridized carbons (Fsp3) is 0.154. The third-order valence-electron chi connectivity index (χ3n) is 4.69. The van der Waals surface area contributed by atoms with E-state index < -0.39 is 5.91 Å². The van der Waals surface area contributed by atoms with Crippen molar-refractivity contribution in [2.45, 2.75) is 26.5 Å². The van der Waals surface area contributed by atoms with E-state index in [0.717, 1.165) is 22.4 Å². The molecule has 30 heavy (non-hydrogen) atoms. The first kappa shape index (κ1) is 20.9. The van der Waals surface area contributed by atoms with Gasteiger partial charge >= 0.3 is 0 Å². The third-order valence-corrected chi connectivity index (χ3v) is 4.69. The summed E-state index contributed by atoms with van der Waals surface area (Å²) in [5.41, 5.74) is 4.11. The van der Waals surface area contributed by atoms with Crippen molar-refractivity contribution in [2.75, 3.05) is 0 Å². The SMILES string of the molecule is Cc1cccc(COc2ccc(/C=C(\C#N)C(=O)N[C@H](C)c3ccccc3)cc2)c1. The maximum absolute atomic E-state index is 12.5. The quantitative estimate of drug-likeness (QED) is 0.432. The molecular formula is C26H24N2O2. The lowest BCUT2D eigenvalue weighted by molar-refractivity contribution is -0.117. The Labute approximate surface area is 177 Å². The van der Waals surface area contributed by atoms with E-state index in [2.05, 4.69) is 11.4 Å². The van der Waals surface area contributed by atoms with E-state index in [-0.39, 0.29) is 11.6 Å². The Bertz CT molecular complexity index is 1060. The van der Waals surface area contributed by atoms with Crippen LogP contribution in [0.1, 0.15) is 35.2 Å². The highest BCUT2D eigenvalue weighted by molar-refractivity contribution is 6.01. The van der Waals surface area contributed by atoms with Gasteiger partial charge in [0.05, 0.1) is 6.04 Å². The molecule has 0 radical (unpaired) electrons. The smallest absolute Gasteiger partial charge is 0.262 e. The normalized spacial score (nSPS) is 12.0. The van der Waals surface area contributed by atoms with Gasteiger partial charge in [-0.25, -0.2) is 0 Å². The molecule has 4 heteroatoms. The lowest BCUT2D eigenvalue weighted by Gasteiger charge is -2.13. The summed E-state index contributed by atoms with van der Waals surface area (Å²) in [5, 5.41) is 12.3. The Balaban J connectivity index is 1.62. The molecule has 3 aromatic rings. The molecule has 0 bridgehead atoms. The van der Waals surface area contributed by atoms with Gasteiger partial charge in [0.2, 0.25) is 0 Å². The number of ether oxygens (including phenoxy) is 1. The van der Waals surface area contributed by atoms with Crippen molar-refractivity contribution in [3.05, 3.63) is 107 Å². The van der Waals surface area contributed by atoms with Gasteiger partial charge in [-0.15, -0.1) is 0 Å². The van der Waals surface area contributed by atoms with Crippen LogP contribution in [0, 0.1) is 18.3 Å². The molecule has 0 aliphatic rings. The van der Waals surface area contributed by atoms with E-state index in [4.69, 9.17) is 4.74 Å². The van der Waals surface area contributed by atoms with Gasteiger partial charge in [-0.05, 0) is 48.7 Å². The molecule has 3 aromatic carbocycles. The van der Waals surface area contributed by atoms with E-state index in [0.29, 0.717) is 6.61 Å². The molecule has 0 saturated carbocycles. The number of nitrogens with one attached hydrogen (secondary N) is 1. The van der Waals surface area contributed by atoms with E-state index >= 15 is 0 Å². The highest BCUT2D eigenvalue weighted by atomic mass is 16.5. The van der Waals surface area contributed by atoms with Crippen LogP contribution in [-0.2, 0) is 11.4 Å². The molecule has 0 spiro atoms. The lowest BCUT2D eigenvalue weighted by Crippen LogP contribution is -2.27. The van der Waals surface area contributed by atoms with Gasteiger partial charge in [0.15, 0.2) is 0 Å². The van der Waals surface area contributed by atoms with Crippen molar-refractivity contribution >= 4 is 12.0 Å².